The third-order valence-electron chi connectivity index (χ3n) is 3.35. The molecule has 1 fully saturated rings. The minimum atomic E-state index is -3.26. The first-order valence-corrected chi connectivity index (χ1v) is 8.52. The summed E-state index contributed by atoms with van der Waals surface area (Å²) in [5.74, 6) is -1.94. The average Bonchev–Trinajstić information content (AvgIpc) is 2.33. The van der Waals surface area contributed by atoms with E-state index in [1.165, 1.54) is 4.90 Å². The van der Waals surface area contributed by atoms with Gasteiger partial charge in [-0.15, -0.1) is 0 Å². The zero-order valence-corrected chi connectivity index (χ0v) is 12.6. The van der Waals surface area contributed by atoms with Crippen LogP contribution in [-0.4, -0.2) is 67.5 Å². The smallest absolute Gasteiger partial charge is 0.305 e. The molecule has 1 aliphatic rings. The molecule has 0 aromatic carbocycles. The fourth-order valence-corrected chi connectivity index (χ4v) is 3.80. The van der Waals surface area contributed by atoms with Crippen molar-refractivity contribution >= 4 is 21.7 Å². The summed E-state index contributed by atoms with van der Waals surface area (Å²) in [5, 5.41) is 11.9. The van der Waals surface area contributed by atoms with E-state index >= 15 is 0 Å². The lowest BCUT2D eigenvalue weighted by atomic mass is 10.1. The standard InChI is InChI=1S/C12H22N2O5S/c1-3-13-7-9(2)12(17)14-4-5-20(18,19)8-10(14)6-11(15)16/h9-10,13H,3-8H2,1-2H3,(H,15,16). The zero-order valence-electron chi connectivity index (χ0n) is 11.8. The first-order chi connectivity index (χ1) is 9.26. The van der Waals surface area contributed by atoms with Gasteiger partial charge in [0.15, 0.2) is 9.84 Å². The molecule has 0 aliphatic carbocycles. The lowest BCUT2D eigenvalue weighted by Gasteiger charge is -2.36. The molecule has 0 aromatic rings. The highest BCUT2D eigenvalue weighted by molar-refractivity contribution is 7.91. The predicted octanol–water partition coefficient (Wildman–Crippen LogP) is -0.668. The maximum Gasteiger partial charge on any atom is 0.305 e. The molecule has 2 atom stereocenters. The number of sulfone groups is 1. The number of carboxylic acid groups (broad SMARTS) is 1. The quantitative estimate of drug-likeness (QED) is 0.674. The number of carboxylic acids is 1. The molecule has 1 saturated heterocycles. The van der Waals surface area contributed by atoms with Crippen LogP contribution < -0.4 is 5.32 Å². The van der Waals surface area contributed by atoms with Gasteiger partial charge in [-0.05, 0) is 6.54 Å². The number of nitrogens with zero attached hydrogens (tertiary/aromatic N) is 1. The highest BCUT2D eigenvalue weighted by Crippen LogP contribution is 2.17. The van der Waals surface area contributed by atoms with Crippen LogP contribution in [0.4, 0.5) is 0 Å². The molecule has 0 aromatic heterocycles. The third kappa shape index (κ3) is 4.75. The van der Waals surface area contributed by atoms with Gasteiger partial charge >= 0.3 is 5.97 Å². The van der Waals surface area contributed by atoms with Crippen molar-refractivity contribution in [1.82, 2.24) is 10.2 Å². The van der Waals surface area contributed by atoms with Crippen LogP contribution in [-0.2, 0) is 19.4 Å². The molecular formula is C12H22N2O5S. The number of rotatable bonds is 6. The van der Waals surface area contributed by atoms with Gasteiger partial charge in [-0.2, -0.15) is 0 Å². The van der Waals surface area contributed by atoms with Crippen molar-refractivity contribution in [2.75, 3.05) is 31.1 Å². The predicted molar refractivity (Wildman–Crippen MR) is 74.1 cm³/mol. The van der Waals surface area contributed by atoms with Gasteiger partial charge in [-0.1, -0.05) is 13.8 Å². The molecule has 116 valence electrons. The van der Waals surface area contributed by atoms with E-state index < -0.39 is 21.8 Å². The minimum absolute atomic E-state index is 0.0789. The van der Waals surface area contributed by atoms with E-state index in [0.717, 1.165) is 6.54 Å². The zero-order chi connectivity index (χ0) is 15.3. The third-order valence-corrected chi connectivity index (χ3v) is 5.04. The molecule has 7 nitrogen and oxygen atoms in total. The van der Waals surface area contributed by atoms with E-state index in [9.17, 15) is 18.0 Å². The van der Waals surface area contributed by atoms with Gasteiger partial charge in [0.25, 0.3) is 0 Å². The SMILES string of the molecule is CCNCC(C)C(=O)N1CCS(=O)(=O)CC1CC(=O)O. The fourth-order valence-electron chi connectivity index (χ4n) is 2.28. The van der Waals surface area contributed by atoms with Crippen LogP contribution in [0, 0.1) is 5.92 Å². The lowest BCUT2D eigenvalue weighted by molar-refractivity contribution is -0.141. The minimum Gasteiger partial charge on any atom is -0.481 e. The summed E-state index contributed by atoms with van der Waals surface area (Å²) in [6.07, 6.45) is -0.334. The van der Waals surface area contributed by atoms with E-state index in [0.29, 0.717) is 6.54 Å². The molecule has 0 saturated carbocycles. The first kappa shape index (κ1) is 16.9. The highest BCUT2D eigenvalue weighted by Gasteiger charge is 2.36. The Morgan fingerprint density at radius 2 is 2.10 bits per heavy atom. The van der Waals surface area contributed by atoms with E-state index in [1.54, 1.807) is 6.92 Å². The normalized spacial score (nSPS) is 23.3. The van der Waals surface area contributed by atoms with Crippen molar-refractivity contribution in [2.24, 2.45) is 5.92 Å². The number of carbonyl (C=O) groups excluding carboxylic acids is 1. The molecule has 1 aliphatic heterocycles. The van der Waals surface area contributed by atoms with Crippen molar-refractivity contribution in [3.05, 3.63) is 0 Å². The monoisotopic (exact) mass is 306 g/mol. The van der Waals surface area contributed by atoms with Gasteiger partial charge < -0.3 is 15.3 Å². The van der Waals surface area contributed by atoms with Crippen molar-refractivity contribution in [2.45, 2.75) is 26.3 Å². The molecule has 0 radical (unpaired) electrons. The van der Waals surface area contributed by atoms with Crippen LogP contribution in [0.2, 0.25) is 0 Å². The van der Waals surface area contributed by atoms with Gasteiger partial charge in [0, 0.05) is 19.0 Å². The first-order valence-electron chi connectivity index (χ1n) is 6.70. The molecule has 20 heavy (non-hydrogen) atoms. The van der Waals surface area contributed by atoms with E-state index in [4.69, 9.17) is 5.11 Å². The maximum absolute atomic E-state index is 12.3. The van der Waals surface area contributed by atoms with E-state index in [-0.39, 0.29) is 36.3 Å². The second-order valence-corrected chi connectivity index (χ2v) is 7.34. The Bertz CT molecular complexity index is 462. The van der Waals surface area contributed by atoms with Gasteiger partial charge in [0.1, 0.15) is 0 Å². The van der Waals surface area contributed by atoms with Crippen molar-refractivity contribution < 1.29 is 23.1 Å². The number of aliphatic carboxylic acids is 1. The number of carbonyl (C=O) groups is 2. The number of amides is 1. The largest absolute Gasteiger partial charge is 0.481 e. The Labute approximate surface area is 119 Å². The molecule has 1 heterocycles. The summed E-state index contributed by atoms with van der Waals surface area (Å²) in [7, 11) is -3.26. The molecule has 2 unspecified atom stereocenters. The Morgan fingerprint density at radius 3 is 2.65 bits per heavy atom. The number of hydrogen-bond acceptors (Lipinski definition) is 5. The van der Waals surface area contributed by atoms with Crippen molar-refractivity contribution in [3.8, 4) is 0 Å². The average molecular weight is 306 g/mol. The van der Waals surface area contributed by atoms with Crippen LogP contribution in [0.3, 0.4) is 0 Å². The Hall–Kier alpha value is -1.15. The summed E-state index contributed by atoms with van der Waals surface area (Å²) in [6.45, 7) is 5.00. The molecule has 1 amide bonds. The Balaban J connectivity index is 2.79. The van der Waals surface area contributed by atoms with E-state index in [1.807, 2.05) is 6.92 Å². The summed E-state index contributed by atoms with van der Waals surface area (Å²) >= 11 is 0. The molecule has 2 N–H and O–H groups in total. The highest BCUT2D eigenvalue weighted by atomic mass is 32.2. The van der Waals surface area contributed by atoms with Crippen molar-refractivity contribution in [1.29, 1.82) is 0 Å². The second-order valence-electron chi connectivity index (χ2n) is 5.11. The Kier molecular flexibility index (Phi) is 5.94. The molecular weight excluding hydrogens is 284 g/mol. The summed E-state index contributed by atoms with van der Waals surface area (Å²) < 4.78 is 23.2. The van der Waals surface area contributed by atoms with Crippen LogP contribution in [0.1, 0.15) is 20.3 Å². The fraction of sp³-hybridized carbons (Fsp3) is 0.833. The summed E-state index contributed by atoms with van der Waals surface area (Å²) in [6, 6.07) is -0.761. The van der Waals surface area contributed by atoms with Crippen LogP contribution in [0.5, 0.6) is 0 Å². The summed E-state index contributed by atoms with van der Waals surface area (Å²) in [5.41, 5.74) is 0. The van der Waals surface area contributed by atoms with Gasteiger partial charge in [-0.25, -0.2) is 8.42 Å². The van der Waals surface area contributed by atoms with Gasteiger partial charge in [-0.3, -0.25) is 9.59 Å². The topological polar surface area (TPSA) is 104 Å². The van der Waals surface area contributed by atoms with E-state index in [2.05, 4.69) is 5.32 Å². The molecule has 0 spiro atoms. The molecule has 8 heteroatoms. The second kappa shape index (κ2) is 7.03. The lowest BCUT2D eigenvalue weighted by Crippen LogP contribution is -2.54. The maximum atomic E-state index is 12.3. The van der Waals surface area contributed by atoms with Crippen LogP contribution in [0.15, 0.2) is 0 Å². The van der Waals surface area contributed by atoms with Crippen molar-refractivity contribution in [3.63, 3.8) is 0 Å². The molecule has 0 bridgehead atoms. The van der Waals surface area contributed by atoms with Gasteiger partial charge in [0.2, 0.25) is 5.91 Å². The van der Waals surface area contributed by atoms with Crippen LogP contribution in [0.25, 0.3) is 0 Å². The van der Waals surface area contributed by atoms with Gasteiger partial charge in [0.05, 0.1) is 24.0 Å². The summed E-state index contributed by atoms with van der Waals surface area (Å²) in [4.78, 5) is 24.6. The Morgan fingerprint density at radius 1 is 1.45 bits per heavy atom. The van der Waals surface area contributed by atoms with Crippen LogP contribution >= 0.6 is 0 Å². The number of nitrogens with one attached hydrogen (secondary N) is 1. The molecule has 1 rings (SSSR count). The number of hydrogen-bond donors (Lipinski definition) is 2.